The van der Waals surface area contributed by atoms with E-state index in [0.717, 1.165) is 18.4 Å². The van der Waals surface area contributed by atoms with E-state index in [2.05, 4.69) is 19.1 Å². The molecule has 0 amide bonds. The Kier molecular flexibility index (Phi) is 5.22. The third kappa shape index (κ3) is 4.25. The topological polar surface area (TPSA) is 17.1 Å². The second kappa shape index (κ2) is 7.15. The Morgan fingerprint density at radius 1 is 0.947 bits per heavy atom. The van der Waals surface area contributed by atoms with Gasteiger partial charge in [-0.25, -0.2) is 0 Å². The van der Waals surface area contributed by atoms with Gasteiger partial charge in [0.25, 0.3) is 0 Å². The first-order valence-electron chi connectivity index (χ1n) is 6.66. The number of hydrogen-bond acceptors (Lipinski definition) is 2. The summed E-state index contributed by atoms with van der Waals surface area (Å²) in [6.45, 7) is 2.10. The van der Waals surface area contributed by atoms with Gasteiger partial charge in [0.15, 0.2) is 5.78 Å². The molecule has 2 heteroatoms. The fraction of sp³-hybridized carbons (Fsp3) is 0.235. The Balaban J connectivity index is 2.00. The maximum atomic E-state index is 11.9. The molecule has 0 aliphatic rings. The highest BCUT2D eigenvalue weighted by molar-refractivity contribution is 7.99. The van der Waals surface area contributed by atoms with Crippen LogP contribution in [0.25, 0.3) is 0 Å². The van der Waals surface area contributed by atoms with Crippen molar-refractivity contribution < 1.29 is 4.79 Å². The van der Waals surface area contributed by atoms with E-state index in [4.69, 9.17) is 0 Å². The molecule has 0 spiro atoms. The lowest BCUT2D eigenvalue weighted by molar-refractivity contribution is 0.0979. The van der Waals surface area contributed by atoms with Crippen LogP contribution in [0.4, 0.5) is 0 Å². The smallest absolute Gasteiger partial charge is 0.162 e. The van der Waals surface area contributed by atoms with E-state index >= 15 is 0 Å². The lowest BCUT2D eigenvalue weighted by Crippen LogP contribution is -1.97. The molecule has 0 heterocycles. The summed E-state index contributed by atoms with van der Waals surface area (Å²) in [5, 5.41) is 0. The van der Waals surface area contributed by atoms with Gasteiger partial charge in [0.2, 0.25) is 0 Å². The molecule has 0 atom stereocenters. The molecule has 0 unspecified atom stereocenters. The molecule has 0 fully saturated rings. The highest BCUT2D eigenvalue weighted by Gasteiger charge is 2.05. The van der Waals surface area contributed by atoms with Crippen LogP contribution in [0, 0.1) is 0 Å². The van der Waals surface area contributed by atoms with Crippen LogP contribution < -0.4 is 0 Å². The number of benzene rings is 2. The minimum Gasteiger partial charge on any atom is -0.294 e. The van der Waals surface area contributed by atoms with E-state index in [-0.39, 0.29) is 5.78 Å². The Labute approximate surface area is 119 Å². The summed E-state index contributed by atoms with van der Waals surface area (Å²) in [5.74, 6) is 0.248. The van der Waals surface area contributed by atoms with E-state index in [9.17, 15) is 4.79 Å². The van der Waals surface area contributed by atoms with Gasteiger partial charge in [-0.1, -0.05) is 55.4 Å². The van der Waals surface area contributed by atoms with Gasteiger partial charge >= 0.3 is 0 Å². The standard InChI is InChI=1S/C17H18OS/c1-2-3-9-17(18)14-10-12-16(13-11-14)19-15-7-5-4-6-8-15/h4-8,10-13H,2-3,9H2,1H3. The van der Waals surface area contributed by atoms with Crippen LogP contribution in [0.3, 0.4) is 0 Å². The number of carbonyl (C=O) groups is 1. The SMILES string of the molecule is CCCCC(=O)c1ccc(Sc2ccccc2)cc1. The molecule has 2 rings (SSSR count). The zero-order chi connectivity index (χ0) is 13.5. The lowest BCUT2D eigenvalue weighted by atomic mass is 10.1. The van der Waals surface area contributed by atoms with E-state index in [1.165, 1.54) is 9.79 Å². The molecule has 0 saturated heterocycles. The summed E-state index contributed by atoms with van der Waals surface area (Å²) in [7, 11) is 0. The number of rotatable bonds is 6. The summed E-state index contributed by atoms with van der Waals surface area (Å²) in [4.78, 5) is 14.2. The largest absolute Gasteiger partial charge is 0.294 e. The van der Waals surface area contributed by atoms with Gasteiger partial charge in [-0.3, -0.25) is 4.79 Å². The van der Waals surface area contributed by atoms with Crippen LogP contribution in [0.5, 0.6) is 0 Å². The normalized spacial score (nSPS) is 10.4. The van der Waals surface area contributed by atoms with Crippen molar-refractivity contribution in [3.05, 3.63) is 60.2 Å². The Morgan fingerprint density at radius 3 is 2.21 bits per heavy atom. The average Bonchev–Trinajstić information content (AvgIpc) is 2.46. The molecule has 0 aromatic heterocycles. The molecule has 98 valence electrons. The molecule has 19 heavy (non-hydrogen) atoms. The van der Waals surface area contributed by atoms with Gasteiger partial charge in [-0.15, -0.1) is 0 Å². The fourth-order valence-electron chi connectivity index (χ4n) is 1.82. The van der Waals surface area contributed by atoms with Gasteiger partial charge in [0, 0.05) is 21.8 Å². The summed E-state index contributed by atoms with van der Waals surface area (Å²) in [6, 6.07) is 18.2. The monoisotopic (exact) mass is 270 g/mol. The molecule has 0 aliphatic heterocycles. The van der Waals surface area contributed by atoms with Gasteiger partial charge in [0.1, 0.15) is 0 Å². The van der Waals surface area contributed by atoms with Crippen LogP contribution in [0.15, 0.2) is 64.4 Å². The second-order valence-corrected chi connectivity index (χ2v) is 5.61. The van der Waals surface area contributed by atoms with Crippen molar-refractivity contribution >= 4 is 17.5 Å². The Hall–Kier alpha value is -1.54. The highest BCUT2D eigenvalue weighted by atomic mass is 32.2. The van der Waals surface area contributed by atoms with Gasteiger partial charge < -0.3 is 0 Å². The van der Waals surface area contributed by atoms with Crippen LogP contribution in [-0.2, 0) is 0 Å². The number of unbranched alkanes of at least 4 members (excludes halogenated alkanes) is 1. The molecular formula is C17H18OS. The minimum atomic E-state index is 0.248. The third-order valence-corrected chi connectivity index (χ3v) is 3.93. The van der Waals surface area contributed by atoms with Crippen LogP contribution in [0.1, 0.15) is 36.5 Å². The zero-order valence-corrected chi connectivity index (χ0v) is 12.0. The first kappa shape index (κ1) is 13.9. The molecule has 0 bridgehead atoms. The number of ketones is 1. The number of carbonyl (C=O) groups excluding carboxylic acids is 1. The van der Waals surface area contributed by atoms with E-state index in [1.54, 1.807) is 11.8 Å². The molecule has 2 aromatic rings. The van der Waals surface area contributed by atoms with Crippen LogP contribution in [-0.4, -0.2) is 5.78 Å². The van der Waals surface area contributed by atoms with Gasteiger partial charge in [-0.2, -0.15) is 0 Å². The van der Waals surface area contributed by atoms with Crippen molar-refractivity contribution in [2.45, 2.75) is 36.0 Å². The predicted octanol–water partition coefficient (Wildman–Crippen LogP) is 5.21. The van der Waals surface area contributed by atoms with Crippen molar-refractivity contribution in [3.8, 4) is 0 Å². The Morgan fingerprint density at radius 2 is 1.58 bits per heavy atom. The summed E-state index contributed by atoms with van der Waals surface area (Å²) < 4.78 is 0. The van der Waals surface area contributed by atoms with Gasteiger partial charge in [-0.05, 0) is 30.7 Å². The molecular weight excluding hydrogens is 252 g/mol. The minimum absolute atomic E-state index is 0.248. The quantitative estimate of drug-likeness (QED) is 0.670. The van der Waals surface area contributed by atoms with E-state index in [0.29, 0.717) is 6.42 Å². The number of Topliss-reactive ketones (excluding diaryl/α,β-unsaturated/α-hetero) is 1. The van der Waals surface area contributed by atoms with Crippen LogP contribution >= 0.6 is 11.8 Å². The maximum absolute atomic E-state index is 11.9. The van der Waals surface area contributed by atoms with E-state index in [1.807, 2.05) is 42.5 Å². The van der Waals surface area contributed by atoms with Crippen molar-refractivity contribution in [1.29, 1.82) is 0 Å². The molecule has 0 aliphatic carbocycles. The molecule has 2 aromatic carbocycles. The van der Waals surface area contributed by atoms with Crippen molar-refractivity contribution in [3.63, 3.8) is 0 Å². The highest BCUT2D eigenvalue weighted by Crippen LogP contribution is 2.27. The summed E-state index contributed by atoms with van der Waals surface area (Å²) in [5.41, 5.74) is 0.825. The lowest BCUT2D eigenvalue weighted by Gasteiger charge is -2.03. The molecule has 1 nitrogen and oxygen atoms in total. The van der Waals surface area contributed by atoms with Crippen LogP contribution in [0.2, 0.25) is 0 Å². The average molecular weight is 270 g/mol. The third-order valence-electron chi connectivity index (χ3n) is 2.91. The predicted molar refractivity (Wildman–Crippen MR) is 80.9 cm³/mol. The van der Waals surface area contributed by atoms with Crippen molar-refractivity contribution in [2.75, 3.05) is 0 Å². The second-order valence-electron chi connectivity index (χ2n) is 4.47. The summed E-state index contributed by atoms with van der Waals surface area (Å²) in [6.07, 6.45) is 2.69. The molecule has 0 N–H and O–H groups in total. The number of hydrogen-bond donors (Lipinski definition) is 0. The van der Waals surface area contributed by atoms with Crippen molar-refractivity contribution in [1.82, 2.24) is 0 Å². The molecule has 0 radical (unpaired) electrons. The van der Waals surface area contributed by atoms with E-state index < -0.39 is 0 Å². The van der Waals surface area contributed by atoms with Crippen molar-refractivity contribution in [2.24, 2.45) is 0 Å². The zero-order valence-electron chi connectivity index (χ0n) is 11.1. The van der Waals surface area contributed by atoms with Gasteiger partial charge in [0.05, 0.1) is 0 Å². The first-order valence-corrected chi connectivity index (χ1v) is 7.47. The maximum Gasteiger partial charge on any atom is 0.162 e. The Bertz CT molecular complexity index is 517. The fourth-order valence-corrected chi connectivity index (χ4v) is 2.65. The summed E-state index contributed by atoms with van der Waals surface area (Å²) >= 11 is 1.71. The first-order chi connectivity index (χ1) is 9.29. The molecule has 0 saturated carbocycles.